The second-order valence-electron chi connectivity index (χ2n) is 3.78. The van der Waals surface area contributed by atoms with Gasteiger partial charge in [0.05, 0.1) is 18.8 Å². The highest BCUT2D eigenvalue weighted by molar-refractivity contribution is 14.1. The molecule has 6 nitrogen and oxygen atoms in total. The zero-order chi connectivity index (χ0) is 13.5. The van der Waals surface area contributed by atoms with Crippen molar-refractivity contribution in [1.29, 1.82) is 0 Å². The maximum atomic E-state index is 5.48. The van der Waals surface area contributed by atoms with E-state index in [1.54, 1.807) is 7.11 Å². The number of methoxy groups -OCH3 is 1. The molecule has 0 spiro atoms. The summed E-state index contributed by atoms with van der Waals surface area (Å²) in [7, 11) is 1.66. The summed E-state index contributed by atoms with van der Waals surface area (Å²) >= 11 is 2.25. The highest BCUT2D eigenvalue weighted by atomic mass is 127. The van der Waals surface area contributed by atoms with Crippen LogP contribution in [0.5, 0.6) is 0 Å². The normalized spacial score (nSPS) is 10.6. The van der Waals surface area contributed by atoms with Crippen molar-refractivity contribution in [1.82, 2.24) is 15.5 Å². The van der Waals surface area contributed by atoms with E-state index in [1.807, 2.05) is 24.3 Å². The van der Waals surface area contributed by atoms with Gasteiger partial charge in [0.25, 0.3) is 0 Å². The summed E-state index contributed by atoms with van der Waals surface area (Å²) < 4.78 is 11.5. The van der Waals surface area contributed by atoms with Crippen LogP contribution in [0.2, 0.25) is 0 Å². The van der Waals surface area contributed by atoms with E-state index in [4.69, 9.17) is 9.15 Å². The highest BCUT2D eigenvalue weighted by Crippen LogP contribution is 2.21. The third kappa shape index (κ3) is 4.44. The molecule has 0 fully saturated rings. The minimum absolute atomic E-state index is 0.396. The molecule has 0 aliphatic heterocycles. The third-order valence-corrected chi connectivity index (χ3v) is 3.28. The van der Waals surface area contributed by atoms with E-state index in [1.165, 1.54) is 0 Å². The molecule has 0 saturated heterocycles. The van der Waals surface area contributed by atoms with Gasteiger partial charge in [-0.05, 0) is 34.7 Å². The SMILES string of the molecule is COCCNCc1nnc(Nc2ccccc2I)o1. The molecule has 2 N–H and O–H groups in total. The number of hydrogen-bond acceptors (Lipinski definition) is 6. The first-order valence-corrected chi connectivity index (χ1v) is 6.91. The average molecular weight is 374 g/mol. The van der Waals surface area contributed by atoms with Gasteiger partial charge in [-0.15, -0.1) is 5.10 Å². The molecular weight excluding hydrogens is 359 g/mol. The zero-order valence-corrected chi connectivity index (χ0v) is 12.7. The molecule has 0 amide bonds. The topological polar surface area (TPSA) is 72.2 Å². The quantitative estimate of drug-likeness (QED) is 0.572. The Balaban J connectivity index is 1.89. The lowest BCUT2D eigenvalue weighted by atomic mass is 10.3. The summed E-state index contributed by atoms with van der Waals surface area (Å²) in [6, 6.07) is 8.29. The Morgan fingerprint density at radius 1 is 1.32 bits per heavy atom. The Labute approximate surface area is 125 Å². The zero-order valence-electron chi connectivity index (χ0n) is 10.5. The summed E-state index contributed by atoms with van der Waals surface area (Å²) in [6.45, 7) is 1.93. The van der Waals surface area contributed by atoms with E-state index in [2.05, 4.69) is 43.4 Å². The maximum absolute atomic E-state index is 5.48. The molecule has 1 heterocycles. The molecule has 2 rings (SSSR count). The number of rotatable bonds is 7. The van der Waals surface area contributed by atoms with Crippen LogP contribution in [0.1, 0.15) is 5.89 Å². The summed E-state index contributed by atoms with van der Waals surface area (Å²) in [5, 5.41) is 14.1. The van der Waals surface area contributed by atoms with Crippen molar-refractivity contribution in [2.45, 2.75) is 6.54 Å². The summed E-state index contributed by atoms with van der Waals surface area (Å²) in [5.74, 6) is 0.546. The maximum Gasteiger partial charge on any atom is 0.320 e. The Morgan fingerprint density at radius 2 is 2.16 bits per heavy atom. The molecular formula is C12H15IN4O2. The number of benzene rings is 1. The van der Waals surface area contributed by atoms with Gasteiger partial charge in [-0.1, -0.05) is 17.2 Å². The Kier molecular flexibility index (Phi) is 5.55. The predicted molar refractivity (Wildman–Crippen MR) is 80.3 cm³/mol. The van der Waals surface area contributed by atoms with Gasteiger partial charge in [0.15, 0.2) is 0 Å². The van der Waals surface area contributed by atoms with Crippen LogP contribution in [0.3, 0.4) is 0 Å². The molecule has 0 saturated carbocycles. The van der Waals surface area contributed by atoms with E-state index < -0.39 is 0 Å². The van der Waals surface area contributed by atoms with E-state index in [-0.39, 0.29) is 0 Å². The molecule has 0 aliphatic rings. The number of aromatic nitrogens is 2. The van der Waals surface area contributed by atoms with E-state index in [9.17, 15) is 0 Å². The van der Waals surface area contributed by atoms with E-state index in [0.717, 1.165) is 15.8 Å². The lowest BCUT2D eigenvalue weighted by Gasteiger charge is -2.03. The van der Waals surface area contributed by atoms with Crippen molar-refractivity contribution in [2.75, 3.05) is 25.6 Å². The molecule has 0 radical (unpaired) electrons. The number of nitrogens with one attached hydrogen (secondary N) is 2. The molecule has 102 valence electrons. The first-order valence-electron chi connectivity index (χ1n) is 5.83. The highest BCUT2D eigenvalue weighted by Gasteiger charge is 2.07. The molecule has 7 heteroatoms. The van der Waals surface area contributed by atoms with Gasteiger partial charge in [0.2, 0.25) is 5.89 Å². The largest absolute Gasteiger partial charge is 0.406 e. The summed E-state index contributed by atoms with van der Waals surface area (Å²) in [4.78, 5) is 0. The first-order chi connectivity index (χ1) is 9.29. The third-order valence-electron chi connectivity index (χ3n) is 2.34. The van der Waals surface area contributed by atoms with Gasteiger partial charge < -0.3 is 19.8 Å². The van der Waals surface area contributed by atoms with Crippen molar-refractivity contribution in [2.24, 2.45) is 0 Å². The second kappa shape index (κ2) is 7.41. The van der Waals surface area contributed by atoms with Crippen LogP contribution >= 0.6 is 22.6 Å². The molecule has 1 aromatic carbocycles. The fourth-order valence-corrected chi connectivity index (χ4v) is 1.95. The predicted octanol–water partition coefficient (Wildman–Crippen LogP) is 2.15. The molecule has 0 aliphatic carbocycles. The first kappa shape index (κ1) is 14.2. The van der Waals surface area contributed by atoms with Gasteiger partial charge in [0.1, 0.15) is 0 Å². The molecule has 0 bridgehead atoms. The van der Waals surface area contributed by atoms with E-state index >= 15 is 0 Å². The Bertz CT molecular complexity index is 518. The Morgan fingerprint density at radius 3 is 2.95 bits per heavy atom. The molecule has 19 heavy (non-hydrogen) atoms. The lowest BCUT2D eigenvalue weighted by Crippen LogP contribution is -2.18. The minimum atomic E-state index is 0.396. The van der Waals surface area contributed by atoms with Crippen molar-refractivity contribution in [3.05, 3.63) is 33.7 Å². The number of nitrogens with zero attached hydrogens (tertiary/aromatic N) is 2. The van der Waals surface area contributed by atoms with Crippen molar-refractivity contribution >= 4 is 34.3 Å². The second-order valence-corrected chi connectivity index (χ2v) is 4.94. The Hall–Kier alpha value is -1.19. The number of halogens is 1. The van der Waals surface area contributed by atoms with Crippen LogP contribution in [-0.4, -0.2) is 30.5 Å². The fraction of sp³-hybridized carbons (Fsp3) is 0.333. The van der Waals surface area contributed by atoms with Crippen LogP contribution in [0, 0.1) is 3.57 Å². The number of para-hydroxylation sites is 1. The molecule has 0 atom stereocenters. The van der Waals surface area contributed by atoms with E-state index in [0.29, 0.717) is 25.1 Å². The van der Waals surface area contributed by atoms with Crippen LogP contribution < -0.4 is 10.6 Å². The van der Waals surface area contributed by atoms with Crippen LogP contribution in [-0.2, 0) is 11.3 Å². The molecule has 1 aromatic heterocycles. The van der Waals surface area contributed by atoms with Gasteiger partial charge >= 0.3 is 6.01 Å². The number of anilines is 2. The summed E-state index contributed by atoms with van der Waals surface area (Å²) in [6.07, 6.45) is 0. The molecule has 2 aromatic rings. The number of hydrogen-bond donors (Lipinski definition) is 2. The van der Waals surface area contributed by atoms with Crippen molar-refractivity contribution in [3.63, 3.8) is 0 Å². The lowest BCUT2D eigenvalue weighted by molar-refractivity contribution is 0.198. The van der Waals surface area contributed by atoms with Crippen LogP contribution in [0.25, 0.3) is 0 Å². The van der Waals surface area contributed by atoms with Crippen molar-refractivity contribution in [3.8, 4) is 0 Å². The monoisotopic (exact) mass is 374 g/mol. The number of ether oxygens (including phenoxy) is 1. The van der Waals surface area contributed by atoms with Gasteiger partial charge in [-0.3, -0.25) is 0 Å². The standard InChI is InChI=1S/C12H15IN4O2/c1-18-7-6-14-8-11-16-17-12(19-11)15-10-5-3-2-4-9(10)13/h2-5,14H,6-8H2,1H3,(H,15,17). The van der Waals surface area contributed by atoms with Crippen LogP contribution in [0.4, 0.5) is 11.7 Å². The molecule has 0 unspecified atom stereocenters. The van der Waals surface area contributed by atoms with Crippen molar-refractivity contribution < 1.29 is 9.15 Å². The fourth-order valence-electron chi connectivity index (χ4n) is 1.42. The van der Waals surface area contributed by atoms with Gasteiger partial charge in [0, 0.05) is 17.2 Å². The average Bonchev–Trinajstić information content (AvgIpc) is 2.85. The minimum Gasteiger partial charge on any atom is -0.406 e. The van der Waals surface area contributed by atoms with Gasteiger partial charge in [-0.25, -0.2) is 0 Å². The van der Waals surface area contributed by atoms with Crippen LogP contribution in [0.15, 0.2) is 28.7 Å². The smallest absolute Gasteiger partial charge is 0.320 e. The van der Waals surface area contributed by atoms with Gasteiger partial charge in [-0.2, -0.15) is 0 Å². The summed E-state index contributed by atoms with van der Waals surface area (Å²) in [5.41, 5.74) is 0.950.